The zero-order chi connectivity index (χ0) is 16.0. The van der Waals surface area contributed by atoms with Gasteiger partial charge >= 0.3 is 7.12 Å². The van der Waals surface area contributed by atoms with Crippen molar-refractivity contribution in [1.82, 2.24) is 4.98 Å². The van der Waals surface area contributed by atoms with Gasteiger partial charge in [0.1, 0.15) is 0 Å². The topological polar surface area (TPSA) is 57.4 Å². The Morgan fingerprint density at radius 3 is 2.00 bits per heavy atom. The van der Waals surface area contributed by atoms with E-state index in [4.69, 9.17) is 15.0 Å². The average Bonchev–Trinajstić information content (AvgIpc) is 2.68. The number of anilines is 1. The molecule has 0 atom stereocenters. The Kier molecular flexibility index (Phi) is 3.50. The van der Waals surface area contributed by atoms with E-state index >= 15 is 0 Å². The fraction of sp³-hybridized carbons (Fsp3) is 0.353. The summed E-state index contributed by atoms with van der Waals surface area (Å²) in [7, 11) is -0.335. The van der Waals surface area contributed by atoms with Crippen molar-refractivity contribution in [1.29, 1.82) is 0 Å². The van der Waals surface area contributed by atoms with Gasteiger partial charge in [-0.1, -0.05) is 24.3 Å². The first-order valence-corrected chi connectivity index (χ1v) is 7.46. The van der Waals surface area contributed by atoms with E-state index in [1.54, 1.807) is 6.20 Å². The third kappa shape index (κ3) is 2.62. The summed E-state index contributed by atoms with van der Waals surface area (Å²) in [4.78, 5) is 4.33. The predicted octanol–water partition coefficient (Wildman–Crippen LogP) is 2.63. The van der Waals surface area contributed by atoms with Crippen molar-refractivity contribution < 1.29 is 9.31 Å². The van der Waals surface area contributed by atoms with Crippen LogP contribution in [0, 0.1) is 0 Å². The minimum Gasteiger partial charge on any atom is -0.399 e. The maximum Gasteiger partial charge on any atom is 0.494 e. The summed E-state index contributed by atoms with van der Waals surface area (Å²) < 4.78 is 12.1. The summed E-state index contributed by atoms with van der Waals surface area (Å²) in [5, 5.41) is 0. The Balaban J connectivity index is 1.82. The van der Waals surface area contributed by atoms with Gasteiger partial charge in [0, 0.05) is 5.56 Å². The second-order valence-electron chi connectivity index (χ2n) is 6.69. The smallest absolute Gasteiger partial charge is 0.399 e. The normalized spacial score (nSPS) is 19.4. The van der Waals surface area contributed by atoms with Gasteiger partial charge in [-0.15, -0.1) is 0 Å². The van der Waals surface area contributed by atoms with Gasteiger partial charge in [0.2, 0.25) is 0 Å². The maximum absolute atomic E-state index is 6.06. The van der Waals surface area contributed by atoms with Crippen molar-refractivity contribution in [3.63, 3.8) is 0 Å². The number of nitrogen functional groups attached to an aromatic ring is 1. The first kappa shape index (κ1) is 15.1. The molecule has 114 valence electrons. The van der Waals surface area contributed by atoms with Gasteiger partial charge in [0.25, 0.3) is 0 Å². The van der Waals surface area contributed by atoms with Gasteiger partial charge in [-0.05, 0) is 45.3 Å². The highest BCUT2D eigenvalue weighted by Crippen LogP contribution is 2.36. The summed E-state index contributed by atoms with van der Waals surface area (Å²) in [6, 6.07) is 11.9. The molecule has 1 aliphatic rings. The summed E-state index contributed by atoms with van der Waals surface area (Å²) >= 11 is 0. The van der Waals surface area contributed by atoms with E-state index in [0.717, 1.165) is 16.7 Å². The van der Waals surface area contributed by atoms with Gasteiger partial charge in [0.15, 0.2) is 0 Å². The molecular formula is C17H21BN2O2. The lowest BCUT2D eigenvalue weighted by atomic mass is 9.79. The van der Waals surface area contributed by atoms with Crippen molar-refractivity contribution in [3.8, 4) is 11.3 Å². The van der Waals surface area contributed by atoms with Gasteiger partial charge in [-0.25, -0.2) is 0 Å². The fourth-order valence-corrected chi connectivity index (χ4v) is 2.37. The van der Waals surface area contributed by atoms with Crippen LogP contribution in [0.1, 0.15) is 27.7 Å². The Hall–Kier alpha value is -1.85. The number of nitrogens with two attached hydrogens (primary N) is 1. The van der Waals surface area contributed by atoms with Crippen LogP contribution < -0.4 is 11.2 Å². The fourth-order valence-electron chi connectivity index (χ4n) is 2.37. The van der Waals surface area contributed by atoms with E-state index < -0.39 is 0 Å². The van der Waals surface area contributed by atoms with Crippen LogP contribution in [0.15, 0.2) is 42.6 Å². The molecule has 3 rings (SSSR count). The van der Waals surface area contributed by atoms with Crippen LogP contribution in [0.3, 0.4) is 0 Å². The number of pyridine rings is 1. The molecule has 1 saturated heterocycles. The quantitative estimate of drug-likeness (QED) is 0.866. The Morgan fingerprint density at radius 1 is 0.909 bits per heavy atom. The highest BCUT2D eigenvalue weighted by Gasteiger charge is 2.51. The van der Waals surface area contributed by atoms with E-state index in [1.807, 2.05) is 36.4 Å². The minimum absolute atomic E-state index is 0.325. The molecule has 1 fully saturated rings. The first-order valence-electron chi connectivity index (χ1n) is 7.46. The van der Waals surface area contributed by atoms with E-state index in [2.05, 4.69) is 32.7 Å². The molecule has 0 bridgehead atoms. The predicted molar refractivity (Wildman–Crippen MR) is 89.8 cm³/mol. The summed E-state index contributed by atoms with van der Waals surface area (Å²) in [6.07, 6.45) is 1.66. The standard InChI is InChI=1S/C17H21BN2O2/c1-16(2)17(3,4)22-18(21-16)13-7-5-12(6-8-13)15-10-9-14(19)11-20-15/h5-11H,19H2,1-4H3. The minimum atomic E-state index is -0.335. The van der Waals surface area contributed by atoms with Crippen molar-refractivity contribution in [3.05, 3.63) is 42.6 Å². The lowest BCUT2D eigenvalue weighted by Gasteiger charge is -2.32. The zero-order valence-corrected chi connectivity index (χ0v) is 13.5. The largest absolute Gasteiger partial charge is 0.494 e. The molecule has 2 aromatic rings. The lowest BCUT2D eigenvalue weighted by molar-refractivity contribution is 0.00578. The molecule has 0 amide bonds. The molecule has 1 aromatic heterocycles. The van der Waals surface area contributed by atoms with E-state index in [-0.39, 0.29) is 18.3 Å². The Morgan fingerprint density at radius 2 is 1.50 bits per heavy atom. The van der Waals surface area contributed by atoms with Crippen LogP contribution in [-0.4, -0.2) is 23.3 Å². The van der Waals surface area contributed by atoms with Crippen molar-refractivity contribution >= 4 is 18.3 Å². The Labute approximate surface area is 131 Å². The van der Waals surface area contributed by atoms with E-state index in [1.165, 1.54) is 0 Å². The number of benzene rings is 1. The number of hydrogen-bond acceptors (Lipinski definition) is 4. The van der Waals surface area contributed by atoms with Crippen LogP contribution in [0.5, 0.6) is 0 Å². The van der Waals surface area contributed by atoms with Crippen LogP contribution in [0.2, 0.25) is 0 Å². The molecular weight excluding hydrogens is 275 g/mol. The van der Waals surface area contributed by atoms with E-state index in [0.29, 0.717) is 5.69 Å². The molecule has 4 nitrogen and oxygen atoms in total. The monoisotopic (exact) mass is 296 g/mol. The maximum atomic E-state index is 6.06. The summed E-state index contributed by atoms with van der Waals surface area (Å²) in [5.74, 6) is 0. The molecule has 5 heteroatoms. The molecule has 0 radical (unpaired) electrons. The third-order valence-corrected chi connectivity index (χ3v) is 4.52. The second kappa shape index (κ2) is 5.11. The average molecular weight is 296 g/mol. The van der Waals surface area contributed by atoms with Crippen molar-refractivity contribution in [2.45, 2.75) is 38.9 Å². The zero-order valence-electron chi connectivity index (χ0n) is 13.5. The second-order valence-corrected chi connectivity index (χ2v) is 6.69. The number of aromatic nitrogens is 1. The van der Waals surface area contributed by atoms with Crippen LogP contribution >= 0.6 is 0 Å². The van der Waals surface area contributed by atoms with E-state index in [9.17, 15) is 0 Å². The van der Waals surface area contributed by atoms with Gasteiger partial charge in [0.05, 0.1) is 28.8 Å². The summed E-state index contributed by atoms with van der Waals surface area (Å²) in [6.45, 7) is 8.22. The lowest BCUT2D eigenvalue weighted by Crippen LogP contribution is -2.41. The number of hydrogen-bond donors (Lipinski definition) is 1. The summed E-state index contributed by atoms with van der Waals surface area (Å²) in [5.41, 5.74) is 8.63. The first-order chi connectivity index (χ1) is 10.3. The molecule has 0 aliphatic carbocycles. The highest BCUT2D eigenvalue weighted by atomic mass is 16.7. The Bertz CT molecular complexity index is 650. The van der Waals surface area contributed by atoms with Crippen LogP contribution in [0.4, 0.5) is 5.69 Å². The van der Waals surface area contributed by atoms with Gasteiger partial charge < -0.3 is 15.0 Å². The molecule has 1 aliphatic heterocycles. The SMILES string of the molecule is CC1(C)OB(c2ccc(-c3ccc(N)cn3)cc2)OC1(C)C. The van der Waals surface area contributed by atoms with Gasteiger partial charge in [-0.3, -0.25) is 4.98 Å². The molecule has 2 N–H and O–H groups in total. The number of rotatable bonds is 2. The molecule has 2 heterocycles. The van der Waals surface area contributed by atoms with Crippen molar-refractivity contribution in [2.24, 2.45) is 0 Å². The third-order valence-electron chi connectivity index (χ3n) is 4.52. The molecule has 22 heavy (non-hydrogen) atoms. The number of nitrogens with zero attached hydrogens (tertiary/aromatic N) is 1. The van der Waals surface area contributed by atoms with Crippen LogP contribution in [0.25, 0.3) is 11.3 Å². The van der Waals surface area contributed by atoms with Crippen LogP contribution in [-0.2, 0) is 9.31 Å². The highest BCUT2D eigenvalue weighted by molar-refractivity contribution is 6.62. The van der Waals surface area contributed by atoms with Crippen molar-refractivity contribution in [2.75, 3.05) is 5.73 Å². The van der Waals surface area contributed by atoms with Gasteiger partial charge in [-0.2, -0.15) is 0 Å². The molecule has 0 saturated carbocycles. The molecule has 1 aromatic carbocycles. The molecule has 0 spiro atoms. The molecule has 0 unspecified atom stereocenters.